The molecule has 106 valence electrons. The lowest BCUT2D eigenvalue weighted by Crippen LogP contribution is -2.10. The highest BCUT2D eigenvalue weighted by Crippen LogP contribution is 2.23. The summed E-state index contributed by atoms with van der Waals surface area (Å²) in [5.41, 5.74) is 3.99. The Morgan fingerprint density at radius 1 is 1.33 bits per heavy atom. The molecule has 7 heteroatoms. The van der Waals surface area contributed by atoms with Gasteiger partial charge >= 0.3 is 0 Å². The number of anilines is 1. The Hall–Kier alpha value is -3.11. The summed E-state index contributed by atoms with van der Waals surface area (Å²) in [6.45, 7) is 0.0933. The minimum absolute atomic E-state index is 0.0432. The van der Waals surface area contributed by atoms with Gasteiger partial charge in [0.25, 0.3) is 5.69 Å². The van der Waals surface area contributed by atoms with Gasteiger partial charge in [0.2, 0.25) is 0 Å². The van der Waals surface area contributed by atoms with Crippen LogP contribution in [0.4, 0.5) is 11.4 Å². The zero-order valence-corrected chi connectivity index (χ0v) is 10.9. The minimum Gasteiger partial charge on any atom is -0.489 e. The second-order valence-electron chi connectivity index (χ2n) is 4.17. The minimum atomic E-state index is -0.486. The molecule has 0 bridgehead atoms. The van der Waals surface area contributed by atoms with Crippen LogP contribution in [0.15, 0.2) is 42.5 Å². The zero-order chi connectivity index (χ0) is 15.2. The maximum atomic E-state index is 10.8. The molecule has 0 aromatic heterocycles. The molecule has 0 unspecified atom stereocenters. The number of hydrazine groups is 1. The Morgan fingerprint density at radius 2 is 2.14 bits per heavy atom. The molecule has 0 heterocycles. The van der Waals surface area contributed by atoms with E-state index in [0.717, 1.165) is 0 Å². The maximum absolute atomic E-state index is 10.8. The Kier molecular flexibility index (Phi) is 4.33. The number of nitrogens with zero attached hydrogens (tertiary/aromatic N) is 2. The standard InChI is InChI=1S/C14H12N4O3/c15-8-10-2-1-3-13(6-10)21-9-11-7-12(18(19)20)4-5-14(11)17-16/h1-7,17H,9,16H2. The van der Waals surface area contributed by atoms with E-state index in [0.29, 0.717) is 22.6 Å². The predicted molar refractivity (Wildman–Crippen MR) is 76.4 cm³/mol. The monoisotopic (exact) mass is 284 g/mol. The van der Waals surface area contributed by atoms with Gasteiger partial charge in [-0.1, -0.05) is 6.07 Å². The third-order valence-corrected chi connectivity index (χ3v) is 2.81. The molecule has 0 atom stereocenters. The second kappa shape index (κ2) is 6.36. The normalized spacial score (nSPS) is 9.71. The molecule has 0 fully saturated rings. The van der Waals surface area contributed by atoms with Crippen LogP contribution < -0.4 is 16.0 Å². The number of nitrogens with one attached hydrogen (secondary N) is 1. The Balaban J connectivity index is 2.20. The van der Waals surface area contributed by atoms with Gasteiger partial charge in [-0.25, -0.2) is 0 Å². The van der Waals surface area contributed by atoms with Crippen LogP contribution in [-0.4, -0.2) is 4.92 Å². The highest BCUT2D eigenvalue weighted by molar-refractivity contribution is 5.55. The van der Waals surface area contributed by atoms with Crippen LogP contribution in [0.2, 0.25) is 0 Å². The van der Waals surface area contributed by atoms with E-state index in [1.165, 1.54) is 18.2 Å². The molecule has 0 amide bonds. The molecule has 0 spiro atoms. The van der Waals surface area contributed by atoms with Crippen molar-refractivity contribution < 1.29 is 9.66 Å². The van der Waals surface area contributed by atoms with Crippen LogP contribution >= 0.6 is 0 Å². The number of hydrogen-bond acceptors (Lipinski definition) is 6. The highest BCUT2D eigenvalue weighted by Gasteiger charge is 2.11. The van der Waals surface area contributed by atoms with E-state index in [1.807, 2.05) is 6.07 Å². The molecule has 0 aliphatic heterocycles. The number of nitriles is 1. The summed E-state index contributed by atoms with van der Waals surface area (Å²) in [4.78, 5) is 10.3. The van der Waals surface area contributed by atoms with Crippen LogP contribution in [0.1, 0.15) is 11.1 Å². The number of non-ortho nitro benzene ring substituents is 1. The van der Waals surface area contributed by atoms with Gasteiger partial charge in [0.15, 0.2) is 0 Å². The van der Waals surface area contributed by atoms with E-state index in [1.54, 1.807) is 24.3 Å². The topological polar surface area (TPSA) is 114 Å². The lowest BCUT2D eigenvalue weighted by molar-refractivity contribution is -0.384. The van der Waals surface area contributed by atoms with E-state index in [4.69, 9.17) is 15.8 Å². The molecule has 2 aromatic carbocycles. The van der Waals surface area contributed by atoms with Crippen LogP contribution in [0, 0.1) is 21.4 Å². The molecular formula is C14H12N4O3. The van der Waals surface area contributed by atoms with Gasteiger partial charge in [0.1, 0.15) is 12.4 Å². The zero-order valence-electron chi connectivity index (χ0n) is 10.9. The van der Waals surface area contributed by atoms with Crippen molar-refractivity contribution in [3.63, 3.8) is 0 Å². The SMILES string of the molecule is N#Cc1cccc(OCc2cc([N+](=O)[O-])ccc2NN)c1. The quantitative estimate of drug-likeness (QED) is 0.494. The third-order valence-electron chi connectivity index (χ3n) is 2.81. The van der Waals surface area contributed by atoms with Gasteiger partial charge in [-0.05, 0) is 24.3 Å². The largest absolute Gasteiger partial charge is 0.489 e. The van der Waals surface area contributed by atoms with Gasteiger partial charge in [-0.2, -0.15) is 5.26 Å². The first kappa shape index (κ1) is 14.3. The third kappa shape index (κ3) is 3.46. The number of nitrogen functional groups attached to an aromatic ring is 1. The predicted octanol–water partition coefficient (Wildman–Crippen LogP) is 2.33. The van der Waals surface area contributed by atoms with Crippen molar-refractivity contribution in [3.05, 3.63) is 63.7 Å². The molecule has 7 nitrogen and oxygen atoms in total. The van der Waals surface area contributed by atoms with Crippen molar-refractivity contribution in [1.82, 2.24) is 0 Å². The number of nitro benzene ring substituents is 1. The molecule has 21 heavy (non-hydrogen) atoms. The fourth-order valence-electron chi connectivity index (χ4n) is 1.77. The van der Waals surface area contributed by atoms with Gasteiger partial charge in [-0.15, -0.1) is 0 Å². The van der Waals surface area contributed by atoms with Gasteiger partial charge in [-0.3, -0.25) is 16.0 Å². The average Bonchev–Trinajstić information content (AvgIpc) is 2.52. The first-order valence-electron chi connectivity index (χ1n) is 6.01. The first-order valence-corrected chi connectivity index (χ1v) is 6.01. The van der Waals surface area contributed by atoms with Crippen molar-refractivity contribution in [2.75, 3.05) is 5.43 Å². The molecular weight excluding hydrogens is 272 g/mol. The number of hydrogen-bond donors (Lipinski definition) is 2. The number of nitrogens with two attached hydrogens (primary N) is 1. The molecule has 0 saturated carbocycles. The average molecular weight is 284 g/mol. The van der Waals surface area contributed by atoms with Crippen molar-refractivity contribution in [3.8, 4) is 11.8 Å². The Morgan fingerprint density at radius 3 is 2.81 bits per heavy atom. The van der Waals surface area contributed by atoms with Crippen LogP contribution in [0.5, 0.6) is 5.75 Å². The molecule has 0 aliphatic rings. The smallest absolute Gasteiger partial charge is 0.269 e. The Bertz CT molecular complexity index is 710. The van der Waals surface area contributed by atoms with Gasteiger partial charge in [0, 0.05) is 17.7 Å². The number of nitro groups is 1. The summed E-state index contributed by atoms with van der Waals surface area (Å²) in [6.07, 6.45) is 0. The van der Waals surface area contributed by atoms with Crippen molar-refractivity contribution in [2.24, 2.45) is 5.84 Å². The molecule has 0 radical (unpaired) electrons. The van der Waals surface area contributed by atoms with Crippen LogP contribution in [0.3, 0.4) is 0 Å². The fraction of sp³-hybridized carbons (Fsp3) is 0.0714. The number of rotatable bonds is 5. The van der Waals surface area contributed by atoms with Crippen molar-refractivity contribution in [1.29, 1.82) is 5.26 Å². The maximum Gasteiger partial charge on any atom is 0.269 e. The van der Waals surface area contributed by atoms with E-state index < -0.39 is 4.92 Å². The van der Waals surface area contributed by atoms with E-state index in [9.17, 15) is 10.1 Å². The summed E-state index contributed by atoms with van der Waals surface area (Å²) < 4.78 is 5.54. The number of benzene rings is 2. The van der Waals surface area contributed by atoms with Crippen LogP contribution in [0.25, 0.3) is 0 Å². The van der Waals surface area contributed by atoms with E-state index >= 15 is 0 Å². The molecule has 0 aliphatic carbocycles. The summed E-state index contributed by atoms with van der Waals surface area (Å²) >= 11 is 0. The van der Waals surface area contributed by atoms with Crippen molar-refractivity contribution >= 4 is 11.4 Å². The number of ether oxygens (including phenoxy) is 1. The summed E-state index contributed by atoms with van der Waals surface area (Å²) in [5, 5.41) is 19.6. The lowest BCUT2D eigenvalue weighted by Gasteiger charge is -2.10. The Labute approximate surface area is 120 Å². The lowest BCUT2D eigenvalue weighted by atomic mass is 10.1. The molecule has 0 saturated heterocycles. The van der Waals surface area contributed by atoms with E-state index in [-0.39, 0.29) is 12.3 Å². The first-order chi connectivity index (χ1) is 10.1. The van der Waals surface area contributed by atoms with Gasteiger partial charge < -0.3 is 10.2 Å². The molecule has 2 rings (SSSR count). The summed E-state index contributed by atoms with van der Waals surface area (Å²) in [5.74, 6) is 5.88. The summed E-state index contributed by atoms with van der Waals surface area (Å²) in [6, 6.07) is 12.9. The second-order valence-corrected chi connectivity index (χ2v) is 4.17. The molecule has 2 aromatic rings. The van der Waals surface area contributed by atoms with Crippen molar-refractivity contribution in [2.45, 2.75) is 6.61 Å². The molecule has 3 N–H and O–H groups in total. The van der Waals surface area contributed by atoms with Gasteiger partial charge in [0.05, 0.1) is 22.2 Å². The van der Waals surface area contributed by atoms with Crippen LogP contribution in [-0.2, 0) is 6.61 Å². The summed E-state index contributed by atoms with van der Waals surface area (Å²) in [7, 11) is 0. The highest BCUT2D eigenvalue weighted by atomic mass is 16.6. The fourth-order valence-corrected chi connectivity index (χ4v) is 1.77. The van der Waals surface area contributed by atoms with E-state index in [2.05, 4.69) is 5.43 Å².